The van der Waals surface area contributed by atoms with Gasteiger partial charge in [0.15, 0.2) is 0 Å². The van der Waals surface area contributed by atoms with Crippen LogP contribution in [0, 0.1) is 17.8 Å². The quantitative estimate of drug-likeness (QED) is 0.527. The summed E-state index contributed by atoms with van der Waals surface area (Å²) in [6.45, 7) is 13.0. The molecule has 0 nitrogen and oxygen atoms in total. The third-order valence-electron chi connectivity index (χ3n) is 2.79. The smallest absolute Gasteiger partial charge is 0.0322 e. The summed E-state index contributed by atoms with van der Waals surface area (Å²) in [4.78, 5) is 0. The summed E-state index contributed by atoms with van der Waals surface area (Å²) in [6.07, 6.45) is 4.51. The topological polar surface area (TPSA) is 0 Å². The first-order valence-corrected chi connectivity index (χ1v) is 4.74. The van der Waals surface area contributed by atoms with Crippen LogP contribution in [0.25, 0.3) is 0 Å². The Kier molecular flexibility index (Phi) is 5.27. The summed E-state index contributed by atoms with van der Waals surface area (Å²) in [5.41, 5.74) is 0. The molecule has 0 saturated carbocycles. The summed E-state index contributed by atoms with van der Waals surface area (Å²) < 4.78 is 0. The lowest BCUT2D eigenvalue weighted by Crippen LogP contribution is -2.15. The largest absolute Gasteiger partial charge is 0.103 e. The predicted octanol–water partition coefficient (Wildman–Crippen LogP) is 3.88. The molecule has 0 aliphatic rings. The van der Waals surface area contributed by atoms with Crippen LogP contribution in [0.15, 0.2) is 12.7 Å². The second-order valence-corrected chi connectivity index (χ2v) is 3.80. The molecular weight excluding hydrogens is 132 g/mol. The van der Waals surface area contributed by atoms with Crippen molar-refractivity contribution in [3.8, 4) is 0 Å². The molecule has 0 heteroatoms. The standard InChI is InChI=1S/C11H22/c1-6-8-11(7-2)10(5)9(3)4/h6,9-11H,1,7-8H2,2-5H3. The Balaban J connectivity index is 3.90. The first-order valence-electron chi connectivity index (χ1n) is 4.74. The fourth-order valence-electron chi connectivity index (χ4n) is 1.51. The average molecular weight is 154 g/mol. The van der Waals surface area contributed by atoms with Crippen LogP contribution >= 0.6 is 0 Å². The van der Waals surface area contributed by atoms with Crippen LogP contribution in [0.3, 0.4) is 0 Å². The molecule has 0 heterocycles. The Morgan fingerprint density at radius 1 is 1.27 bits per heavy atom. The molecule has 0 aliphatic heterocycles. The van der Waals surface area contributed by atoms with Gasteiger partial charge in [-0.25, -0.2) is 0 Å². The van der Waals surface area contributed by atoms with E-state index < -0.39 is 0 Å². The van der Waals surface area contributed by atoms with Gasteiger partial charge in [-0.3, -0.25) is 0 Å². The van der Waals surface area contributed by atoms with Crippen LogP contribution in [0.4, 0.5) is 0 Å². The van der Waals surface area contributed by atoms with Crippen LogP contribution in [-0.4, -0.2) is 0 Å². The molecule has 0 bridgehead atoms. The summed E-state index contributed by atoms with van der Waals surface area (Å²) in [6, 6.07) is 0. The van der Waals surface area contributed by atoms with E-state index in [1.54, 1.807) is 0 Å². The van der Waals surface area contributed by atoms with Gasteiger partial charge in [-0.1, -0.05) is 40.2 Å². The normalized spacial score (nSPS) is 16.5. The molecule has 0 radical (unpaired) electrons. The Labute approximate surface area is 71.7 Å². The minimum Gasteiger partial charge on any atom is -0.103 e. The zero-order valence-corrected chi connectivity index (χ0v) is 8.43. The Hall–Kier alpha value is -0.260. The van der Waals surface area contributed by atoms with E-state index in [1.165, 1.54) is 12.8 Å². The van der Waals surface area contributed by atoms with Gasteiger partial charge in [0.1, 0.15) is 0 Å². The zero-order valence-electron chi connectivity index (χ0n) is 8.43. The molecule has 0 spiro atoms. The lowest BCUT2D eigenvalue weighted by molar-refractivity contribution is 0.271. The molecule has 0 aromatic rings. The molecule has 0 aromatic carbocycles. The first-order chi connectivity index (χ1) is 5.13. The third kappa shape index (κ3) is 3.60. The van der Waals surface area contributed by atoms with Gasteiger partial charge in [0, 0.05) is 0 Å². The van der Waals surface area contributed by atoms with Crippen molar-refractivity contribution in [1.29, 1.82) is 0 Å². The van der Waals surface area contributed by atoms with Crippen molar-refractivity contribution >= 4 is 0 Å². The van der Waals surface area contributed by atoms with Crippen LogP contribution in [0.2, 0.25) is 0 Å². The Morgan fingerprint density at radius 2 is 1.82 bits per heavy atom. The van der Waals surface area contributed by atoms with Crippen molar-refractivity contribution in [2.75, 3.05) is 0 Å². The molecule has 0 saturated heterocycles. The highest BCUT2D eigenvalue weighted by atomic mass is 14.2. The average Bonchev–Trinajstić information content (AvgIpc) is 1.98. The van der Waals surface area contributed by atoms with E-state index in [4.69, 9.17) is 0 Å². The van der Waals surface area contributed by atoms with Gasteiger partial charge in [0.25, 0.3) is 0 Å². The van der Waals surface area contributed by atoms with E-state index in [1.807, 2.05) is 6.08 Å². The second kappa shape index (κ2) is 5.40. The van der Waals surface area contributed by atoms with Crippen LogP contribution in [0.5, 0.6) is 0 Å². The van der Waals surface area contributed by atoms with E-state index in [-0.39, 0.29) is 0 Å². The van der Waals surface area contributed by atoms with E-state index in [0.717, 1.165) is 17.8 Å². The fraction of sp³-hybridized carbons (Fsp3) is 0.818. The van der Waals surface area contributed by atoms with Gasteiger partial charge in [-0.15, -0.1) is 6.58 Å². The van der Waals surface area contributed by atoms with Crippen molar-refractivity contribution in [1.82, 2.24) is 0 Å². The molecule has 2 atom stereocenters. The summed E-state index contributed by atoms with van der Waals surface area (Å²) in [7, 11) is 0. The number of allylic oxidation sites excluding steroid dienone is 1. The van der Waals surface area contributed by atoms with Gasteiger partial charge in [-0.05, 0) is 24.2 Å². The minimum atomic E-state index is 0.805. The van der Waals surface area contributed by atoms with Crippen LogP contribution in [-0.2, 0) is 0 Å². The fourth-order valence-corrected chi connectivity index (χ4v) is 1.51. The molecule has 0 fully saturated rings. The van der Waals surface area contributed by atoms with Crippen molar-refractivity contribution in [3.63, 3.8) is 0 Å². The number of hydrogen-bond acceptors (Lipinski definition) is 0. The van der Waals surface area contributed by atoms with Crippen molar-refractivity contribution in [3.05, 3.63) is 12.7 Å². The van der Waals surface area contributed by atoms with Gasteiger partial charge >= 0.3 is 0 Å². The molecule has 0 amide bonds. The van der Waals surface area contributed by atoms with Crippen molar-refractivity contribution in [2.45, 2.75) is 40.5 Å². The molecule has 0 N–H and O–H groups in total. The Bertz CT molecular complexity index is 103. The zero-order chi connectivity index (χ0) is 8.85. The Morgan fingerprint density at radius 3 is 2.09 bits per heavy atom. The molecule has 66 valence electrons. The van der Waals surface area contributed by atoms with E-state index in [0.29, 0.717) is 0 Å². The highest BCUT2D eigenvalue weighted by Gasteiger charge is 2.16. The first kappa shape index (κ1) is 10.7. The summed E-state index contributed by atoms with van der Waals surface area (Å²) in [5.74, 6) is 2.48. The monoisotopic (exact) mass is 154 g/mol. The van der Waals surface area contributed by atoms with Crippen molar-refractivity contribution in [2.24, 2.45) is 17.8 Å². The summed E-state index contributed by atoms with van der Waals surface area (Å²) >= 11 is 0. The molecule has 0 rings (SSSR count). The molecule has 2 unspecified atom stereocenters. The van der Waals surface area contributed by atoms with Gasteiger partial charge < -0.3 is 0 Å². The SMILES string of the molecule is C=CCC(CC)C(C)C(C)C. The number of hydrogen-bond donors (Lipinski definition) is 0. The number of rotatable bonds is 5. The summed E-state index contributed by atoms with van der Waals surface area (Å²) in [5, 5.41) is 0. The van der Waals surface area contributed by atoms with E-state index >= 15 is 0 Å². The van der Waals surface area contributed by atoms with Crippen molar-refractivity contribution < 1.29 is 0 Å². The highest BCUT2D eigenvalue weighted by molar-refractivity contribution is 4.76. The second-order valence-electron chi connectivity index (χ2n) is 3.80. The molecular formula is C11H22. The maximum atomic E-state index is 3.79. The third-order valence-corrected chi connectivity index (χ3v) is 2.79. The van der Waals surface area contributed by atoms with Gasteiger partial charge in [0.2, 0.25) is 0 Å². The lowest BCUT2D eigenvalue weighted by Gasteiger charge is -2.24. The molecule has 0 aromatic heterocycles. The molecule has 0 aliphatic carbocycles. The lowest BCUT2D eigenvalue weighted by atomic mass is 9.81. The van der Waals surface area contributed by atoms with Gasteiger partial charge in [-0.2, -0.15) is 0 Å². The highest BCUT2D eigenvalue weighted by Crippen LogP contribution is 2.25. The maximum absolute atomic E-state index is 3.79. The van der Waals surface area contributed by atoms with Crippen LogP contribution in [0.1, 0.15) is 40.5 Å². The minimum absolute atomic E-state index is 0.805. The van der Waals surface area contributed by atoms with Crippen LogP contribution < -0.4 is 0 Å². The predicted molar refractivity (Wildman–Crippen MR) is 52.6 cm³/mol. The van der Waals surface area contributed by atoms with E-state index in [2.05, 4.69) is 34.3 Å². The van der Waals surface area contributed by atoms with Gasteiger partial charge in [0.05, 0.1) is 0 Å². The van der Waals surface area contributed by atoms with E-state index in [9.17, 15) is 0 Å². The molecule has 11 heavy (non-hydrogen) atoms. The maximum Gasteiger partial charge on any atom is -0.0322 e.